The lowest BCUT2D eigenvalue weighted by atomic mass is 9.84. The molecule has 3 heterocycles. The van der Waals surface area contributed by atoms with Crippen LogP contribution < -0.4 is 5.59 Å². The summed E-state index contributed by atoms with van der Waals surface area (Å²) in [5, 5.41) is 0. The van der Waals surface area contributed by atoms with Crippen LogP contribution in [0.2, 0.25) is 0 Å². The summed E-state index contributed by atoms with van der Waals surface area (Å²) < 4.78 is 14.0. The summed E-state index contributed by atoms with van der Waals surface area (Å²) in [5.41, 5.74) is 0.0554. The summed E-state index contributed by atoms with van der Waals surface area (Å²) in [7, 11) is -0.446. The van der Waals surface area contributed by atoms with Gasteiger partial charge in [0, 0.05) is 12.4 Å². The summed E-state index contributed by atoms with van der Waals surface area (Å²) in [6, 6.07) is 5.84. The van der Waals surface area contributed by atoms with Gasteiger partial charge in [-0.05, 0) is 46.8 Å². The number of pyridine rings is 1. The average Bonchev–Trinajstić information content (AvgIpc) is 2.92. The Labute approximate surface area is 125 Å². The fourth-order valence-electron chi connectivity index (χ4n) is 2.29. The molecular weight excluding hydrogens is 265 g/mol. The lowest BCUT2D eigenvalue weighted by Gasteiger charge is -2.32. The minimum atomic E-state index is -0.446. The predicted molar refractivity (Wildman–Crippen MR) is 81.8 cm³/mol. The second-order valence-corrected chi connectivity index (χ2v) is 6.35. The van der Waals surface area contributed by atoms with E-state index in [0.717, 1.165) is 17.2 Å². The van der Waals surface area contributed by atoms with Crippen molar-refractivity contribution in [3.63, 3.8) is 0 Å². The van der Waals surface area contributed by atoms with Crippen LogP contribution in [0.5, 0.6) is 0 Å². The van der Waals surface area contributed by atoms with Gasteiger partial charge in [-0.25, -0.2) is 9.97 Å². The highest BCUT2D eigenvalue weighted by molar-refractivity contribution is 6.61. The van der Waals surface area contributed by atoms with Crippen LogP contribution in [0.4, 0.5) is 0 Å². The van der Waals surface area contributed by atoms with E-state index in [2.05, 4.69) is 9.97 Å². The van der Waals surface area contributed by atoms with Crippen LogP contribution in [-0.4, -0.2) is 32.9 Å². The van der Waals surface area contributed by atoms with Gasteiger partial charge in [-0.15, -0.1) is 0 Å². The second kappa shape index (κ2) is 4.68. The van der Waals surface area contributed by atoms with Crippen molar-refractivity contribution in [1.82, 2.24) is 14.5 Å². The van der Waals surface area contributed by atoms with E-state index < -0.39 is 7.12 Å². The van der Waals surface area contributed by atoms with Gasteiger partial charge >= 0.3 is 7.12 Å². The Balaban J connectivity index is 1.94. The van der Waals surface area contributed by atoms with Crippen molar-refractivity contribution >= 4 is 12.7 Å². The molecule has 21 heavy (non-hydrogen) atoms. The molecule has 2 aromatic rings. The first-order chi connectivity index (χ1) is 9.80. The van der Waals surface area contributed by atoms with Gasteiger partial charge in [-0.1, -0.05) is 6.07 Å². The van der Waals surface area contributed by atoms with Crippen molar-refractivity contribution in [2.24, 2.45) is 0 Å². The third kappa shape index (κ3) is 2.38. The highest BCUT2D eigenvalue weighted by Crippen LogP contribution is 2.36. The molecule has 0 N–H and O–H groups in total. The van der Waals surface area contributed by atoms with Crippen LogP contribution in [0.3, 0.4) is 0 Å². The maximum Gasteiger partial charge on any atom is 0.514 e. The molecule has 0 spiro atoms. The summed E-state index contributed by atoms with van der Waals surface area (Å²) in [5.74, 6) is 1.71. The number of nitrogens with zero attached hydrogens (tertiary/aromatic N) is 3. The monoisotopic (exact) mass is 285 g/mol. The van der Waals surface area contributed by atoms with Crippen molar-refractivity contribution in [3.05, 3.63) is 36.4 Å². The number of aryl methyl sites for hydroxylation is 1. The van der Waals surface area contributed by atoms with E-state index in [9.17, 15) is 0 Å². The predicted octanol–water partition coefficient (Wildman–Crippen LogP) is 1.87. The lowest BCUT2D eigenvalue weighted by Crippen LogP contribution is -2.41. The molecule has 1 saturated heterocycles. The van der Waals surface area contributed by atoms with E-state index in [1.807, 2.05) is 63.6 Å². The number of imidazole rings is 1. The first-order valence-electron chi connectivity index (χ1n) is 7.13. The molecule has 0 radical (unpaired) electrons. The van der Waals surface area contributed by atoms with Crippen LogP contribution >= 0.6 is 0 Å². The molecule has 0 saturated carbocycles. The van der Waals surface area contributed by atoms with Crippen molar-refractivity contribution in [1.29, 1.82) is 0 Å². The minimum absolute atomic E-state index is 0.361. The molecule has 3 rings (SSSR count). The smallest absolute Gasteiger partial charge is 0.398 e. The van der Waals surface area contributed by atoms with E-state index in [1.54, 1.807) is 6.20 Å². The normalized spacial score (nSPS) is 20.0. The molecule has 0 amide bonds. The molecule has 0 unspecified atom stereocenters. The van der Waals surface area contributed by atoms with Gasteiger partial charge in [0.25, 0.3) is 0 Å². The minimum Gasteiger partial charge on any atom is -0.398 e. The first-order valence-corrected chi connectivity index (χ1v) is 7.13. The van der Waals surface area contributed by atoms with Crippen molar-refractivity contribution in [2.75, 3.05) is 0 Å². The number of rotatable bonds is 2. The van der Waals surface area contributed by atoms with Gasteiger partial charge < -0.3 is 9.31 Å². The topological polar surface area (TPSA) is 49.2 Å². The third-order valence-corrected chi connectivity index (χ3v) is 4.32. The van der Waals surface area contributed by atoms with Crippen LogP contribution in [0.25, 0.3) is 5.82 Å². The first kappa shape index (κ1) is 14.3. The molecule has 0 bridgehead atoms. The average molecular weight is 285 g/mol. The highest BCUT2D eigenvalue weighted by Gasteiger charge is 2.52. The van der Waals surface area contributed by atoms with Gasteiger partial charge in [0.1, 0.15) is 11.6 Å². The van der Waals surface area contributed by atoms with Gasteiger partial charge in [-0.3, -0.25) is 4.57 Å². The Bertz CT molecular complexity index is 650. The number of aromatic nitrogens is 3. The fraction of sp³-hybridized carbons (Fsp3) is 0.467. The summed E-state index contributed by atoms with van der Waals surface area (Å²) in [4.78, 5) is 8.89. The van der Waals surface area contributed by atoms with Crippen molar-refractivity contribution < 1.29 is 9.31 Å². The summed E-state index contributed by atoms with van der Waals surface area (Å²) >= 11 is 0. The molecule has 0 aromatic carbocycles. The van der Waals surface area contributed by atoms with Crippen LogP contribution in [-0.2, 0) is 9.31 Å². The van der Waals surface area contributed by atoms with E-state index in [0.29, 0.717) is 0 Å². The van der Waals surface area contributed by atoms with Gasteiger partial charge in [0.05, 0.1) is 16.8 Å². The Hall–Kier alpha value is -1.66. The molecule has 1 fully saturated rings. The van der Waals surface area contributed by atoms with Gasteiger partial charge in [0.15, 0.2) is 0 Å². The van der Waals surface area contributed by atoms with E-state index in [-0.39, 0.29) is 11.2 Å². The van der Waals surface area contributed by atoms with E-state index in [4.69, 9.17) is 9.31 Å². The molecule has 2 aromatic heterocycles. The molecule has 110 valence electrons. The van der Waals surface area contributed by atoms with Crippen LogP contribution in [0.15, 0.2) is 30.6 Å². The van der Waals surface area contributed by atoms with Gasteiger partial charge in [0.2, 0.25) is 0 Å². The van der Waals surface area contributed by atoms with Crippen molar-refractivity contribution in [2.45, 2.75) is 45.8 Å². The molecule has 6 heteroatoms. The SMILES string of the molecule is Cc1nccn1-c1cccc(B2OC(C)(C)C(C)(C)O2)n1. The van der Waals surface area contributed by atoms with Gasteiger partial charge in [-0.2, -0.15) is 0 Å². The van der Waals surface area contributed by atoms with Crippen LogP contribution in [0.1, 0.15) is 33.5 Å². The van der Waals surface area contributed by atoms with E-state index in [1.165, 1.54) is 0 Å². The quantitative estimate of drug-likeness (QED) is 0.790. The highest BCUT2D eigenvalue weighted by atomic mass is 16.7. The zero-order valence-corrected chi connectivity index (χ0v) is 13.1. The Morgan fingerprint density at radius 1 is 1.10 bits per heavy atom. The second-order valence-electron chi connectivity index (χ2n) is 6.35. The number of hydrogen-bond acceptors (Lipinski definition) is 4. The molecule has 1 aliphatic heterocycles. The summed E-state index contributed by atoms with van der Waals surface area (Å²) in [6.07, 6.45) is 3.66. The maximum atomic E-state index is 6.04. The molecular formula is C15H20BN3O2. The maximum absolute atomic E-state index is 6.04. The zero-order chi connectivity index (χ0) is 15.3. The fourth-order valence-corrected chi connectivity index (χ4v) is 2.29. The Morgan fingerprint density at radius 3 is 2.33 bits per heavy atom. The molecule has 0 atom stereocenters. The molecule has 5 nitrogen and oxygen atoms in total. The van der Waals surface area contributed by atoms with E-state index >= 15 is 0 Å². The number of hydrogen-bond donors (Lipinski definition) is 0. The van der Waals surface area contributed by atoms with Crippen LogP contribution in [0, 0.1) is 6.92 Å². The third-order valence-electron chi connectivity index (χ3n) is 4.32. The Kier molecular flexibility index (Phi) is 3.18. The lowest BCUT2D eigenvalue weighted by molar-refractivity contribution is 0.00578. The van der Waals surface area contributed by atoms with Crippen molar-refractivity contribution in [3.8, 4) is 5.82 Å². The zero-order valence-electron chi connectivity index (χ0n) is 13.1. The molecule has 1 aliphatic rings. The Morgan fingerprint density at radius 2 is 1.76 bits per heavy atom. The molecule has 0 aliphatic carbocycles. The largest absolute Gasteiger partial charge is 0.514 e. The standard InChI is InChI=1S/C15H20BN3O2/c1-11-17-9-10-19(11)13-8-6-7-12(18-13)16-20-14(2,3)15(4,5)21-16/h6-10H,1-5H3. The summed E-state index contributed by atoms with van der Waals surface area (Å²) in [6.45, 7) is 10.1.